The molecule has 122 valence electrons. The summed E-state index contributed by atoms with van der Waals surface area (Å²) in [5.41, 5.74) is 1.67. The van der Waals surface area contributed by atoms with Gasteiger partial charge < -0.3 is 14.8 Å². The van der Waals surface area contributed by atoms with Crippen LogP contribution in [0.15, 0.2) is 36.4 Å². The number of methoxy groups -OCH3 is 2. The van der Waals surface area contributed by atoms with Gasteiger partial charge in [0.05, 0.1) is 20.3 Å². The standard InChI is InChI=1S/C18H20FNO3/c1-11-5-6-14(9-15(11)19)18(21)20-12(2)13-7-8-16(22-3)17(10-13)23-4/h5-10,12H,1-4H3,(H,20,21)/t12-/m1/s1. The van der Waals surface area contributed by atoms with Gasteiger partial charge in [-0.05, 0) is 49.2 Å². The molecule has 2 aromatic carbocycles. The number of rotatable bonds is 5. The second kappa shape index (κ2) is 7.13. The molecule has 0 aliphatic rings. The monoisotopic (exact) mass is 317 g/mol. The van der Waals surface area contributed by atoms with Gasteiger partial charge in [-0.3, -0.25) is 4.79 Å². The van der Waals surface area contributed by atoms with E-state index in [4.69, 9.17) is 9.47 Å². The van der Waals surface area contributed by atoms with Crippen molar-refractivity contribution in [3.8, 4) is 11.5 Å². The highest BCUT2D eigenvalue weighted by Crippen LogP contribution is 2.30. The number of hydrogen-bond donors (Lipinski definition) is 1. The van der Waals surface area contributed by atoms with E-state index in [0.29, 0.717) is 22.6 Å². The molecule has 0 aliphatic heterocycles. The molecule has 0 aliphatic carbocycles. The molecule has 0 saturated heterocycles. The summed E-state index contributed by atoms with van der Waals surface area (Å²) in [7, 11) is 3.12. The molecule has 4 nitrogen and oxygen atoms in total. The van der Waals surface area contributed by atoms with Gasteiger partial charge in [-0.25, -0.2) is 4.39 Å². The second-order valence-electron chi connectivity index (χ2n) is 5.27. The van der Waals surface area contributed by atoms with Crippen molar-refractivity contribution in [1.29, 1.82) is 0 Å². The average Bonchev–Trinajstić information content (AvgIpc) is 2.56. The van der Waals surface area contributed by atoms with Crippen LogP contribution in [0.2, 0.25) is 0 Å². The largest absolute Gasteiger partial charge is 0.493 e. The molecule has 0 bridgehead atoms. The van der Waals surface area contributed by atoms with Crippen LogP contribution in [0.1, 0.15) is 34.5 Å². The first-order chi connectivity index (χ1) is 11.0. The lowest BCUT2D eigenvalue weighted by molar-refractivity contribution is 0.0939. The first-order valence-electron chi connectivity index (χ1n) is 7.25. The van der Waals surface area contributed by atoms with E-state index >= 15 is 0 Å². The predicted octanol–water partition coefficient (Wildman–Crippen LogP) is 3.64. The quantitative estimate of drug-likeness (QED) is 0.916. The Balaban J connectivity index is 2.16. The molecule has 1 atom stereocenters. The van der Waals surface area contributed by atoms with Crippen LogP contribution < -0.4 is 14.8 Å². The maximum absolute atomic E-state index is 13.6. The van der Waals surface area contributed by atoms with Crippen LogP contribution in [0.4, 0.5) is 4.39 Å². The van der Waals surface area contributed by atoms with Crippen molar-refractivity contribution in [2.45, 2.75) is 19.9 Å². The molecule has 0 fully saturated rings. The van der Waals surface area contributed by atoms with Gasteiger partial charge in [-0.1, -0.05) is 12.1 Å². The van der Waals surface area contributed by atoms with E-state index in [1.807, 2.05) is 13.0 Å². The summed E-state index contributed by atoms with van der Waals surface area (Å²) in [6.07, 6.45) is 0. The Labute approximate surface area is 135 Å². The fraction of sp³-hybridized carbons (Fsp3) is 0.278. The third kappa shape index (κ3) is 3.80. The molecule has 0 radical (unpaired) electrons. The molecule has 23 heavy (non-hydrogen) atoms. The van der Waals surface area contributed by atoms with Gasteiger partial charge in [-0.2, -0.15) is 0 Å². The van der Waals surface area contributed by atoms with E-state index < -0.39 is 5.82 Å². The molecule has 0 spiro atoms. The summed E-state index contributed by atoms with van der Waals surface area (Å²) >= 11 is 0. The van der Waals surface area contributed by atoms with Crippen LogP contribution in [-0.2, 0) is 0 Å². The maximum Gasteiger partial charge on any atom is 0.251 e. The van der Waals surface area contributed by atoms with Gasteiger partial charge in [0.1, 0.15) is 5.82 Å². The lowest BCUT2D eigenvalue weighted by atomic mass is 10.1. The normalized spacial score (nSPS) is 11.7. The van der Waals surface area contributed by atoms with E-state index in [9.17, 15) is 9.18 Å². The molecule has 0 saturated carbocycles. The fourth-order valence-electron chi connectivity index (χ4n) is 2.22. The van der Waals surface area contributed by atoms with Crippen molar-refractivity contribution in [3.63, 3.8) is 0 Å². The van der Waals surface area contributed by atoms with Crippen LogP contribution in [0.5, 0.6) is 11.5 Å². The van der Waals surface area contributed by atoms with Crippen LogP contribution in [0, 0.1) is 12.7 Å². The predicted molar refractivity (Wildman–Crippen MR) is 86.6 cm³/mol. The Morgan fingerprint density at radius 1 is 1.09 bits per heavy atom. The summed E-state index contributed by atoms with van der Waals surface area (Å²) in [6.45, 7) is 3.51. The summed E-state index contributed by atoms with van der Waals surface area (Å²) in [4.78, 5) is 12.2. The number of nitrogens with one attached hydrogen (secondary N) is 1. The van der Waals surface area contributed by atoms with Crippen LogP contribution in [0.25, 0.3) is 0 Å². The zero-order chi connectivity index (χ0) is 17.0. The lowest BCUT2D eigenvalue weighted by Gasteiger charge is -2.16. The van der Waals surface area contributed by atoms with Gasteiger partial charge in [0.25, 0.3) is 5.91 Å². The Bertz CT molecular complexity index is 715. The van der Waals surface area contributed by atoms with Crippen molar-refractivity contribution >= 4 is 5.91 Å². The average molecular weight is 317 g/mol. The van der Waals surface area contributed by atoms with E-state index in [1.54, 1.807) is 45.4 Å². The highest BCUT2D eigenvalue weighted by atomic mass is 19.1. The van der Waals surface area contributed by atoms with Crippen LogP contribution in [-0.4, -0.2) is 20.1 Å². The number of hydrogen-bond acceptors (Lipinski definition) is 3. The molecule has 2 aromatic rings. The fourth-order valence-corrected chi connectivity index (χ4v) is 2.22. The van der Waals surface area contributed by atoms with E-state index in [1.165, 1.54) is 6.07 Å². The molecule has 0 heterocycles. The number of benzene rings is 2. The minimum Gasteiger partial charge on any atom is -0.493 e. The highest BCUT2D eigenvalue weighted by Gasteiger charge is 2.14. The summed E-state index contributed by atoms with van der Waals surface area (Å²) in [6, 6.07) is 9.61. The minimum absolute atomic E-state index is 0.258. The maximum atomic E-state index is 13.6. The third-order valence-corrected chi connectivity index (χ3v) is 3.69. The van der Waals surface area contributed by atoms with Crippen molar-refractivity contribution in [3.05, 3.63) is 58.9 Å². The van der Waals surface area contributed by atoms with Gasteiger partial charge in [0.2, 0.25) is 0 Å². The molecule has 2 rings (SSSR count). The number of carbonyl (C=O) groups excluding carboxylic acids is 1. The second-order valence-corrected chi connectivity index (χ2v) is 5.27. The van der Waals surface area contributed by atoms with Crippen molar-refractivity contribution in [2.75, 3.05) is 14.2 Å². The number of aryl methyl sites for hydroxylation is 1. The van der Waals surface area contributed by atoms with Crippen molar-refractivity contribution in [1.82, 2.24) is 5.32 Å². The molecule has 1 N–H and O–H groups in total. The molecule has 0 unspecified atom stereocenters. The Hall–Kier alpha value is -2.56. The molecule has 5 heteroatoms. The smallest absolute Gasteiger partial charge is 0.251 e. The van der Waals surface area contributed by atoms with E-state index in [0.717, 1.165) is 5.56 Å². The highest BCUT2D eigenvalue weighted by molar-refractivity contribution is 5.94. The Morgan fingerprint density at radius 3 is 2.39 bits per heavy atom. The summed E-state index contributed by atoms with van der Waals surface area (Å²) < 4.78 is 24.0. The SMILES string of the molecule is COc1ccc([C@@H](C)NC(=O)c2ccc(C)c(F)c2)cc1OC. The number of ether oxygens (including phenoxy) is 2. The van der Waals surface area contributed by atoms with Gasteiger partial charge in [0, 0.05) is 5.56 Å². The Morgan fingerprint density at radius 2 is 1.78 bits per heavy atom. The van der Waals surface area contributed by atoms with Crippen molar-refractivity contribution in [2.24, 2.45) is 0 Å². The topological polar surface area (TPSA) is 47.6 Å². The van der Waals surface area contributed by atoms with Crippen LogP contribution in [0.3, 0.4) is 0 Å². The first kappa shape index (κ1) is 16.8. The van der Waals surface area contributed by atoms with Crippen LogP contribution >= 0.6 is 0 Å². The third-order valence-electron chi connectivity index (χ3n) is 3.69. The number of amides is 1. The minimum atomic E-state index is -0.392. The molecule has 0 aromatic heterocycles. The number of carbonyl (C=O) groups is 1. The zero-order valence-electron chi connectivity index (χ0n) is 13.6. The first-order valence-corrected chi connectivity index (χ1v) is 7.25. The van der Waals surface area contributed by atoms with Gasteiger partial charge >= 0.3 is 0 Å². The summed E-state index contributed by atoms with van der Waals surface area (Å²) in [5.74, 6) is 0.491. The van der Waals surface area contributed by atoms with Gasteiger partial charge in [-0.15, -0.1) is 0 Å². The molecule has 1 amide bonds. The van der Waals surface area contributed by atoms with Crippen molar-refractivity contribution < 1.29 is 18.7 Å². The van der Waals surface area contributed by atoms with Gasteiger partial charge in [0.15, 0.2) is 11.5 Å². The molecular weight excluding hydrogens is 297 g/mol. The lowest BCUT2D eigenvalue weighted by Crippen LogP contribution is -2.26. The summed E-state index contributed by atoms with van der Waals surface area (Å²) in [5, 5.41) is 2.85. The zero-order valence-corrected chi connectivity index (χ0v) is 13.6. The van der Waals surface area contributed by atoms with E-state index in [2.05, 4.69) is 5.32 Å². The van der Waals surface area contributed by atoms with E-state index in [-0.39, 0.29) is 11.9 Å². The Kier molecular flexibility index (Phi) is 5.21. The molecular formula is C18H20FNO3. The number of halogens is 1.